The van der Waals surface area contributed by atoms with Crippen LogP contribution in [-0.2, 0) is 18.9 Å². The minimum Gasteiger partial charge on any atom is -0.462 e. The Kier molecular flexibility index (Phi) is 4.86. The van der Waals surface area contributed by atoms with Crippen molar-refractivity contribution >= 4 is 22.7 Å². The maximum Gasteiger partial charge on any atom is 0.338 e. The van der Waals surface area contributed by atoms with Crippen molar-refractivity contribution in [1.29, 1.82) is 0 Å². The van der Waals surface area contributed by atoms with Crippen molar-refractivity contribution in [2.75, 3.05) is 39.6 Å². The van der Waals surface area contributed by atoms with Gasteiger partial charge in [-0.1, -0.05) is 24.3 Å². The number of benzene rings is 2. The molecular formula is C20H20O6. The third kappa shape index (κ3) is 3.43. The molecule has 2 aromatic rings. The zero-order valence-electron chi connectivity index (χ0n) is 14.3. The summed E-state index contributed by atoms with van der Waals surface area (Å²) in [6.45, 7) is 3.21. The predicted octanol–water partition coefficient (Wildman–Crippen LogP) is 2.45. The number of hydrogen-bond donors (Lipinski definition) is 0. The van der Waals surface area contributed by atoms with Crippen LogP contribution >= 0.6 is 0 Å². The van der Waals surface area contributed by atoms with Crippen LogP contribution in [0.3, 0.4) is 0 Å². The standard InChI is InChI=1S/C20H20O6/c21-19(25-11-13-7-23-8-13)17-5-1-3-15-16(17)4-2-6-18(15)20(22)26-12-14-9-24-10-14/h1-6,13-14H,7-12H2. The molecule has 2 aliphatic heterocycles. The second-order valence-corrected chi connectivity index (χ2v) is 6.71. The molecule has 6 heteroatoms. The minimum atomic E-state index is -0.389. The summed E-state index contributed by atoms with van der Waals surface area (Å²) < 4.78 is 21.0. The van der Waals surface area contributed by atoms with Crippen molar-refractivity contribution in [2.45, 2.75) is 0 Å². The zero-order chi connectivity index (χ0) is 17.9. The molecule has 2 saturated heterocycles. The minimum absolute atomic E-state index is 0.273. The van der Waals surface area contributed by atoms with E-state index in [1.807, 2.05) is 12.1 Å². The van der Waals surface area contributed by atoms with Crippen molar-refractivity contribution in [3.05, 3.63) is 47.5 Å². The van der Waals surface area contributed by atoms with Crippen LogP contribution in [0.5, 0.6) is 0 Å². The van der Waals surface area contributed by atoms with Gasteiger partial charge in [0.15, 0.2) is 0 Å². The van der Waals surface area contributed by atoms with Gasteiger partial charge >= 0.3 is 11.9 Å². The van der Waals surface area contributed by atoms with Gasteiger partial charge in [0, 0.05) is 11.8 Å². The molecular weight excluding hydrogens is 336 g/mol. The highest BCUT2D eigenvalue weighted by Crippen LogP contribution is 2.25. The van der Waals surface area contributed by atoms with E-state index in [0.29, 0.717) is 61.5 Å². The summed E-state index contributed by atoms with van der Waals surface area (Å²) in [5, 5.41) is 1.37. The van der Waals surface area contributed by atoms with E-state index in [1.54, 1.807) is 24.3 Å². The van der Waals surface area contributed by atoms with E-state index < -0.39 is 0 Å². The molecule has 6 nitrogen and oxygen atoms in total. The molecule has 0 radical (unpaired) electrons. The molecule has 2 fully saturated rings. The number of esters is 2. The van der Waals surface area contributed by atoms with Crippen molar-refractivity contribution in [3.63, 3.8) is 0 Å². The van der Waals surface area contributed by atoms with Crippen LogP contribution in [0, 0.1) is 11.8 Å². The van der Waals surface area contributed by atoms with E-state index in [-0.39, 0.29) is 23.8 Å². The molecule has 4 rings (SSSR count). The third-order valence-corrected chi connectivity index (χ3v) is 4.68. The van der Waals surface area contributed by atoms with Gasteiger partial charge in [-0.15, -0.1) is 0 Å². The van der Waals surface area contributed by atoms with Gasteiger partial charge in [-0.25, -0.2) is 9.59 Å². The Morgan fingerprint density at radius 3 is 1.54 bits per heavy atom. The summed E-state index contributed by atoms with van der Waals surface area (Å²) >= 11 is 0. The summed E-state index contributed by atoms with van der Waals surface area (Å²) in [5.74, 6) is -0.232. The normalized spacial score (nSPS) is 17.4. The highest BCUT2D eigenvalue weighted by atomic mass is 16.6. The van der Waals surface area contributed by atoms with Crippen molar-refractivity contribution in [1.82, 2.24) is 0 Å². The summed E-state index contributed by atoms with van der Waals surface area (Å²) in [4.78, 5) is 24.9. The van der Waals surface area contributed by atoms with Crippen molar-refractivity contribution in [2.24, 2.45) is 11.8 Å². The van der Waals surface area contributed by atoms with Crippen molar-refractivity contribution < 1.29 is 28.5 Å². The van der Waals surface area contributed by atoms with Gasteiger partial charge in [-0.2, -0.15) is 0 Å². The fraction of sp³-hybridized carbons (Fsp3) is 0.400. The van der Waals surface area contributed by atoms with Crippen LogP contribution in [0.2, 0.25) is 0 Å². The number of hydrogen-bond acceptors (Lipinski definition) is 6. The molecule has 2 aliphatic rings. The van der Waals surface area contributed by atoms with E-state index in [0.717, 1.165) is 0 Å². The largest absolute Gasteiger partial charge is 0.462 e. The molecule has 2 heterocycles. The van der Waals surface area contributed by atoms with Gasteiger partial charge in [0.2, 0.25) is 0 Å². The molecule has 0 bridgehead atoms. The highest BCUT2D eigenvalue weighted by molar-refractivity contribution is 6.11. The van der Waals surface area contributed by atoms with Gasteiger partial charge in [0.25, 0.3) is 0 Å². The van der Waals surface area contributed by atoms with Crippen LogP contribution < -0.4 is 0 Å². The van der Waals surface area contributed by atoms with Crippen molar-refractivity contribution in [3.8, 4) is 0 Å². The number of ether oxygens (including phenoxy) is 4. The zero-order valence-corrected chi connectivity index (χ0v) is 14.3. The Bertz CT molecular complexity index is 753. The molecule has 0 unspecified atom stereocenters. The Hall–Kier alpha value is -2.44. The van der Waals surface area contributed by atoms with Crippen LogP contribution in [0.1, 0.15) is 20.7 Å². The highest BCUT2D eigenvalue weighted by Gasteiger charge is 2.23. The molecule has 0 N–H and O–H groups in total. The number of fused-ring (bicyclic) bond motifs is 1. The van der Waals surface area contributed by atoms with Crippen LogP contribution in [0.15, 0.2) is 36.4 Å². The molecule has 0 aliphatic carbocycles. The lowest BCUT2D eigenvalue weighted by atomic mass is 10.00. The second-order valence-electron chi connectivity index (χ2n) is 6.71. The van der Waals surface area contributed by atoms with E-state index in [4.69, 9.17) is 18.9 Å². The average Bonchev–Trinajstić information content (AvgIpc) is 2.57. The third-order valence-electron chi connectivity index (χ3n) is 4.68. The SMILES string of the molecule is O=C(OCC1COC1)c1cccc2c(C(=O)OCC3COC3)cccc12. The van der Waals surface area contributed by atoms with E-state index in [1.165, 1.54) is 0 Å². The summed E-state index contributed by atoms with van der Waals surface area (Å²) in [5.41, 5.74) is 0.898. The summed E-state index contributed by atoms with van der Waals surface area (Å²) in [6, 6.07) is 10.6. The van der Waals surface area contributed by atoms with E-state index in [9.17, 15) is 9.59 Å². The average molecular weight is 356 g/mol. The lowest BCUT2D eigenvalue weighted by molar-refractivity contribution is -0.0616. The van der Waals surface area contributed by atoms with Gasteiger partial charge in [0.05, 0.1) is 50.8 Å². The van der Waals surface area contributed by atoms with Gasteiger partial charge in [-0.3, -0.25) is 0 Å². The maximum absolute atomic E-state index is 12.5. The van der Waals surface area contributed by atoms with Gasteiger partial charge in [0.1, 0.15) is 0 Å². The first-order chi connectivity index (χ1) is 12.7. The fourth-order valence-electron chi connectivity index (χ4n) is 2.97. The number of carbonyl (C=O) groups excluding carboxylic acids is 2. The monoisotopic (exact) mass is 356 g/mol. The topological polar surface area (TPSA) is 71.1 Å². The Morgan fingerprint density at radius 1 is 0.769 bits per heavy atom. The van der Waals surface area contributed by atoms with Crippen LogP contribution in [0.4, 0.5) is 0 Å². The smallest absolute Gasteiger partial charge is 0.338 e. The lowest BCUT2D eigenvalue weighted by Crippen LogP contribution is -2.32. The molecule has 26 heavy (non-hydrogen) atoms. The first kappa shape index (κ1) is 17.0. The first-order valence-electron chi connectivity index (χ1n) is 8.74. The Morgan fingerprint density at radius 2 is 1.19 bits per heavy atom. The van der Waals surface area contributed by atoms with Crippen LogP contribution in [-0.4, -0.2) is 51.6 Å². The molecule has 2 aromatic carbocycles. The van der Waals surface area contributed by atoms with E-state index in [2.05, 4.69) is 0 Å². The van der Waals surface area contributed by atoms with Gasteiger partial charge in [-0.05, 0) is 22.9 Å². The maximum atomic E-state index is 12.5. The molecule has 0 aromatic heterocycles. The molecule has 0 atom stereocenters. The summed E-state index contributed by atoms with van der Waals surface area (Å²) in [6.07, 6.45) is 0. The Balaban J connectivity index is 1.53. The predicted molar refractivity (Wildman–Crippen MR) is 93.1 cm³/mol. The Labute approximate surface area is 151 Å². The molecule has 136 valence electrons. The van der Waals surface area contributed by atoms with Gasteiger partial charge < -0.3 is 18.9 Å². The summed E-state index contributed by atoms with van der Waals surface area (Å²) in [7, 11) is 0. The first-order valence-corrected chi connectivity index (χ1v) is 8.74. The fourth-order valence-corrected chi connectivity index (χ4v) is 2.97. The number of rotatable bonds is 6. The molecule has 0 spiro atoms. The van der Waals surface area contributed by atoms with E-state index >= 15 is 0 Å². The van der Waals surface area contributed by atoms with Crippen LogP contribution in [0.25, 0.3) is 10.8 Å². The lowest BCUT2D eigenvalue weighted by Gasteiger charge is -2.25. The molecule has 0 saturated carbocycles. The number of carbonyl (C=O) groups is 2. The molecule has 0 amide bonds. The second kappa shape index (κ2) is 7.43. The quantitative estimate of drug-likeness (QED) is 0.741.